The van der Waals surface area contributed by atoms with E-state index in [2.05, 4.69) is 4.98 Å². The number of aryl methyl sites for hydroxylation is 3. The van der Waals surface area contributed by atoms with Gasteiger partial charge < -0.3 is 4.74 Å². The van der Waals surface area contributed by atoms with Gasteiger partial charge in [-0.3, -0.25) is 9.78 Å². The van der Waals surface area contributed by atoms with Gasteiger partial charge in [0.1, 0.15) is 64.6 Å². The zero-order valence-corrected chi connectivity index (χ0v) is 35.7. The summed E-state index contributed by atoms with van der Waals surface area (Å²) in [7, 11) is 0. The molecule has 0 aliphatic carbocycles. The van der Waals surface area contributed by atoms with Gasteiger partial charge in [0.15, 0.2) is 76.0 Å². The van der Waals surface area contributed by atoms with Crippen LogP contribution in [0, 0.1) is 137 Å². The number of nitrogens with zero attached hydrogens (tertiary/aromatic N) is 2. The van der Waals surface area contributed by atoms with E-state index < -0.39 is 150 Å². The van der Waals surface area contributed by atoms with E-state index in [1.165, 1.54) is 12.4 Å². The lowest BCUT2D eigenvalue weighted by atomic mass is 9.12. The van der Waals surface area contributed by atoms with Crippen molar-refractivity contribution in [2.45, 2.75) is 27.3 Å². The number of halogens is 20. The van der Waals surface area contributed by atoms with Crippen molar-refractivity contribution in [3.8, 4) is 5.75 Å². The number of esters is 1. The number of hydrogen-bond acceptors (Lipinski definition) is 4. The average Bonchev–Trinajstić information content (AvgIpc) is 3.35. The van der Waals surface area contributed by atoms with E-state index in [0.717, 1.165) is 16.7 Å². The Morgan fingerprint density at radius 2 is 0.778 bits per heavy atom. The topological polar surface area (TPSA) is 60.1 Å². The molecule has 0 saturated heterocycles. The van der Waals surface area contributed by atoms with Crippen LogP contribution in [0.25, 0.3) is 0 Å². The molecule has 0 aliphatic rings. The second-order valence-electron chi connectivity index (χ2n) is 15.3. The molecular weight excluding hydrogens is 1020 g/mol. The number of carbonyl (C=O) groups is 2. The molecule has 0 saturated carbocycles. The average molecular weight is 1040 g/mol. The van der Waals surface area contributed by atoms with Gasteiger partial charge in [-0.1, -0.05) is 48.0 Å². The normalized spacial score (nSPS) is 11.4. The summed E-state index contributed by atoms with van der Waals surface area (Å²) in [6, 6.07) is 12.9. The number of rotatable bonds is 9. The van der Waals surface area contributed by atoms with Gasteiger partial charge in [0.05, 0.1) is 6.20 Å². The van der Waals surface area contributed by atoms with Crippen molar-refractivity contribution >= 4 is 39.7 Å². The zero-order valence-electron chi connectivity index (χ0n) is 35.7. The summed E-state index contributed by atoms with van der Waals surface area (Å²) < 4.78 is 301. The van der Waals surface area contributed by atoms with E-state index >= 15 is 35.1 Å². The maximum Gasteiger partial charge on any atom is 0.410 e. The first-order chi connectivity index (χ1) is 33.7. The van der Waals surface area contributed by atoms with E-state index in [1.54, 1.807) is 22.9 Å². The molecule has 0 atom stereocenters. The molecule has 72 heavy (non-hydrogen) atoms. The van der Waals surface area contributed by atoms with Gasteiger partial charge in [0.2, 0.25) is 12.3 Å². The second-order valence-corrected chi connectivity index (χ2v) is 15.3. The summed E-state index contributed by atoms with van der Waals surface area (Å²) in [4.78, 5) is 29.3. The lowest BCUT2D eigenvalue weighted by Gasteiger charge is -2.44. The standard InChI is InChI=1S/C24BF20.C22H21N2O3/c26-5-1(6(27)14(35)21(42)13(5)34)25(2-7(28)15(36)22(43)16(37)8(2)29,3-9(30)17(38)23(44)18(39)10(3)31)4-11(32)19(40)24(45)20(41)12(4)33;1-15-11-16(2)21(17(3)12-15)27-22(26)19-13-23-9-10-24(19)14-20(25)18-7-5-4-6-8-18/h;4-13H,14H2,1-3H3/q-1;+1. The lowest BCUT2D eigenvalue weighted by Crippen LogP contribution is -2.81. The summed E-state index contributed by atoms with van der Waals surface area (Å²) in [6.45, 7) is 5.83. The highest BCUT2D eigenvalue weighted by molar-refractivity contribution is 7.20. The quantitative estimate of drug-likeness (QED) is 0.0212. The molecule has 1 heterocycles. The Bertz CT molecular complexity index is 2990. The predicted molar refractivity (Wildman–Crippen MR) is 210 cm³/mol. The van der Waals surface area contributed by atoms with Gasteiger partial charge in [-0.25, -0.2) is 92.6 Å². The smallest absolute Gasteiger partial charge is 0.410 e. The summed E-state index contributed by atoms with van der Waals surface area (Å²) in [5.74, 6) is -71.5. The Kier molecular flexibility index (Phi) is 15.0. The molecule has 5 nitrogen and oxygen atoms in total. The van der Waals surface area contributed by atoms with Gasteiger partial charge in [-0.05, 0) is 31.9 Å². The number of ether oxygens (including phenoxy) is 1. The van der Waals surface area contributed by atoms with Crippen LogP contribution >= 0.6 is 0 Å². The number of benzene rings is 6. The SMILES string of the molecule is Cc1cc(C)c(OC(=O)c2cncc[n+]2CC(=O)c2ccccc2)c(C)c1.Fc1c(F)c(F)c([B-](c2c(F)c(F)c(F)c(F)c2F)(c2c(F)c(F)c(F)c(F)c2F)c2c(F)c(F)c(F)c(F)c2F)c(F)c1F. The van der Waals surface area contributed by atoms with Gasteiger partial charge in [0, 0.05) is 5.56 Å². The molecule has 0 spiro atoms. The monoisotopic (exact) mass is 1040 g/mol. The number of ketones is 1. The molecule has 6 aromatic carbocycles. The molecule has 0 radical (unpaired) electrons. The van der Waals surface area contributed by atoms with Crippen LogP contribution in [0.2, 0.25) is 0 Å². The summed E-state index contributed by atoms with van der Waals surface area (Å²) in [5, 5.41) is 0. The molecule has 0 bridgehead atoms. The van der Waals surface area contributed by atoms with Gasteiger partial charge in [-0.15, -0.1) is 21.9 Å². The largest absolute Gasteiger partial charge is 0.418 e. The van der Waals surface area contributed by atoms with Crippen LogP contribution < -0.4 is 31.2 Å². The minimum atomic E-state index is -7.22. The summed E-state index contributed by atoms with van der Waals surface area (Å²) in [6.07, 6.45) is -2.66. The third-order valence-corrected chi connectivity index (χ3v) is 11.0. The first-order valence-corrected chi connectivity index (χ1v) is 19.6. The third-order valence-electron chi connectivity index (χ3n) is 11.0. The van der Waals surface area contributed by atoms with Crippen LogP contribution in [0.15, 0.2) is 61.1 Å². The van der Waals surface area contributed by atoms with Crippen LogP contribution in [-0.2, 0) is 6.54 Å². The van der Waals surface area contributed by atoms with E-state index in [-0.39, 0.29) is 18.0 Å². The van der Waals surface area contributed by atoms with Crippen molar-refractivity contribution < 1.29 is 107 Å². The van der Waals surface area contributed by atoms with Crippen molar-refractivity contribution in [3.63, 3.8) is 0 Å². The minimum Gasteiger partial charge on any atom is -0.418 e. The van der Waals surface area contributed by atoms with Crippen molar-refractivity contribution in [1.29, 1.82) is 0 Å². The molecular formula is C46H21BF20N2O3. The maximum absolute atomic E-state index is 15.4. The summed E-state index contributed by atoms with van der Waals surface area (Å²) in [5.41, 5.74) is -10.6. The highest BCUT2D eigenvalue weighted by Gasteiger charge is 2.52. The zero-order chi connectivity index (χ0) is 53.7. The van der Waals surface area contributed by atoms with Crippen molar-refractivity contribution in [3.05, 3.63) is 205 Å². The fourth-order valence-corrected chi connectivity index (χ4v) is 7.91. The van der Waals surface area contributed by atoms with Crippen LogP contribution in [0.3, 0.4) is 0 Å². The first kappa shape index (κ1) is 53.6. The van der Waals surface area contributed by atoms with Crippen LogP contribution in [-0.4, -0.2) is 22.9 Å². The van der Waals surface area contributed by atoms with E-state index in [4.69, 9.17) is 4.74 Å². The van der Waals surface area contributed by atoms with Crippen LogP contribution in [0.1, 0.15) is 37.5 Å². The first-order valence-electron chi connectivity index (χ1n) is 19.6. The lowest BCUT2D eigenvalue weighted by molar-refractivity contribution is -0.686. The maximum atomic E-state index is 15.4. The van der Waals surface area contributed by atoms with Gasteiger partial charge in [0.25, 0.3) is 0 Å². The molecule has 0 amide bonds. The number of aromatic nitrogens is 2. The number of Topliss-reactive ketones (excluding diaryl/α,β-unsaturated/α-hetero) is 1. The Morgan fingerprint density at radius 1 is 0.472 bits per heavy atom. The van der Waals surface area contributed by atoms with Crippen LogP contribution in [0.5, 0.6) is 5.75 Å². The molecule has 7 aromatic rings. The van der Waals surface area contributed by atoms with Crippen molar-refractivity contribution in [2.75, 3.05) is 0 Å². The Balaban J connectivity index is 0.000000266. The molecule has 0 unspecified atom stereocenters. The van der Waals surface area contributed by atoms with Crippen molar-refractivity contribution in [2.24, 2.45) is 0 Å². The second kappa shape index (κ2) is 20.1. The fraction of sp³-hybridized carbons (Fsp3) is 0.0870. The van der Waals surface area contributed by atoms with Gasteiger partial charge in [-0.2, -0.15) is 4.57 Å². The molecule has 376 valence electrons. The molecule has 0 aliphatic heterocycles. The van der Waals surface area contributed by atoms with E-state index in [1.807, 2.05) is 51.1 Å². The predicted octanol–water partition coefficient (Wildman–Crippen LogP) is 9.24. The Morgan fingerprint density at radius 3 is 1.10 bits per heavy atom. The Labute approximate surface area is 389 Å². The summed E-state index contributed by atoms with van der Waals surface area (Å²) >= 11 is 0. The molecule has 0 fully saturated rings. The van der Waals surface area contributed by atoms with Crippen molar-refractivity contribution in [1.82, 2.24) is 4.98 Å². The van der Waals surface area contributed by atoms with Gasteiger partial charge >= 0.3 is 11.7 Å². The molecule has 26 heteroatoms. The molecule has 0 N–H and O–H groups in total. The molecule has 1 aromatic heterocycles. The van der Waals surface area contributed by atoms with E-state index in [9.17, 15) is 62.3 Å². The number of carbonyl (C=O) groups excluding carboxylic acids is 2. The number of hydrogen-bond donors (Lipinski definition) is 0. The third kappa shape index (κ3) is 8.75. The minimum absolute atomic E-state index is 0.0306. The Hall–Kier alpha value is -7.80. The molecule has 7 rings (SSSR count). The highest BCUT2D eigenvalue weighted by atomic mass is 19.2. The van der Waals surface area contributed by atoms with E-state index in [0.29, 0.717) is 11.3 Å². The van der Waals surface area contributed by atoms with Crippen LogP contribution in [0.4, 0.5) is 87.8 Å². The highest BCUT2D eigenvalue weighted by Crippen LogP contribution is 2.31. The fourth-order valence-electron chi connectivity index (χ4n) is 7.91.